The molecule has 3 heterocycles. The summed E-state index contributed by atoms with van der Waals surface area (Å²) < 4.78 is 5.29. The van der Waals surface area contributed by atoms with E-state index in [1.165, 1.54) is 0 Å². The van der Waals surface area contributed by atoms with Crippen molar-refractivity contribution < 1.29 is 9.32 Å². The SMILES string of the molecule is C[C@H](N)[C@@H]1CCCN(C(=O)c2cc(-c3ccncc3)on2)C1. The molecule has 116 valence electrons. The summed E-state index contributed by atoms with van der Waals surface area (Å²) in [5.41, 5.74) is 7.17. The zero-order chi connectivity index (χ0) is 15.5. The lowest BCUT2D eigenvalue weighted by Crippen LogP contribution is -2.45. The van der Waals surface area contributed by atoms with Crippen LogP contribution in [0.3, 0.4) is 0 Å². The standard InChI is InChI=1S/C16H20N4O2/c1-11(17)13-3-2-8-20(10-13)16(21)14-9-15(22-19-14)12-4-6-18-7-5-12/h4-7,9,11,13H,2-3,8,10,17H2,1H3/t11-,13+/m0/s1. The molecule has 22 heavy (non-hydrogen) atoms. The van der Waals surface area contributed by atoms with Gasteiger partial charge in [-0.15, -0.1) is 0 Å². The van der Waals surface area contributed by atoms with Crippen molar-refractivity contribution in [1.82, 2.24) is 15.0 Å². The number of hydrogen-bond donors (Lipinski definition) is 1. The molecule has 0 aromatic carbocycles. The van der Waals surface area contributed by atoms with Crippen LogP contribution < -0.4 is 5.73 Å². The van der Waals surface area contributed by atoms with Gasteiger partial charge in [0.05, 0.1) is 0 Å². The van der Waals surface area contributed by atoms with Crippen molar-refractivity contribution in [2.75, 3.05) is 13.1 Å². The van der Waals surface area contributed by atoms with Gasteiger partial charge in [0.15, 0.2) is 11.5 Å². The number of carbonyl (C=O) groups excluding carboxylic acids is 1. The van der Waals surface area contributed by atoms with E-state index in [4.69, 9.17) is 10.3 Å². The average molecular weight is 300 g/mol. The minimum Gasteiger partial charge on any atom is -0.355 e. The third kappa shape index (κ3) is 3.01. The predicted octanol–water partition coefficient (Wildman–Crippen LogP) is 1.94. The third-order valence-corrected chi connectivity index (χ3v) is 4.18. The average Bonchev–Trinajstić information content (AvgIpc) is 3.05. The first-order chi connectivity index (χ1) is 10.6. The Kier molecular flexibility index (Phi) is 4.20. The Morgan fingerprint density at radius 3 is 2.95 bits per heavy atom. The van der Waals surface area contributed by atoms with Crippen molar-refractivity contribution in [3.05, 3.63) is 36.3 Å². The molecular weight excluding hydrogens is 280 g/mol. The lowest BCUT2D eigenvalue weighted by molar-refractivity contribution is 0.0650. The van der Waals surface area contributed by atoms with E-state index in [9.17, 15) is 4.79 Å². The van der Waals surface area contributed by atoms with Gasteiger partial charge in [-0.2, -0.15) is 0 Å². The molecule has 0 unspecified atom stereocenters. The van der Waals surface area contributed by atoms with Crippen molar-refractivity contribution in [2.45, 2.75) is 25.8 Å². The Hall–Kier alpha value is -2.21. The number of aromatic nitrogens is 2. The molecule has 1 aliphatic rings. The maximum Gasteiger partial charge on any atom is 0.276 e. The summed E-state index contributed by atoms with van der Waals surface area (Å²) in [5.74, 6) is 0.838. The lowest BCUT2D eigenvalue weighted by Gasteiger charge is -2.34. The first-order valence-corrected chi connectivity index (χ1v) is 7.57. The number of pyridine rings is 1. The summed E-state index contributed by atoms with van der Waals surface area (Å²) in [6.07, 6.45) is 5.41. The molecule has 1 fully saturated rings. The van der Waals surface area contributed by atoms with Crippen LogP contribution in [0.25, 0.3) is 11.3 Å². The number of hydrogen-bond acceptors (Lipinski definition) is 5. The normalized spacial score (nSPS) is 19.9. The molecule has 3 rings (SSSR count). The lowest BCUT2D eigenvalue weighted by atomic mass is 9.92. The molecule has 2 N–H and O–H groups in total. The predicted molar refractivity (Wildman–Crippen MR) is 82.0 cm³/mol. The molecule has 0 aliphatic carbocycles. The first-order valence-electron chi connectivity index (χ1n) is 7.57. The van der Waals surface area contributed by atoms with Gasteiger partial charge in [-0.25, -0.2) is 0 Å². The molecule has 2 aromatic heterocycles. The fourth-order valence-electron chi connectivity index (χ4n) is 2.81. The highest BCUT2D eigenvalue weighted by atomic mass is 16.5. The van der Waals surface area contributed by atoms with Gasteiger partial charge in [0.25, 0.3) is 5.91 Å². The highest BCUT2D eigenvalue weighted by molar-refractivity contribution is 5.93. The molecule has 2 atom stereocenters. The number of rotatable bonds is 3. The van der Waals surface area contributed by atoms with Crippen molar-refractivity contribution >= 4 is 5.91 Å². The second kappa shape index (κ2) is 6.27. The summed E-state index contributed by atoms with van der Waals surface area (Å²) in [6, 6.07) is 5.43. The molecule has 0 radical (unpaired) electrons. The number of likely N-dealkylation sites (tertiary alicyclic amines) is 1. The van der Waals surface area contributed by atoms with Crippen molar-refractivity contribution in [1.29, 1.82) is 0 Å². The molecule has 0 bridgehead atoms. The number of nitrogens with two attached hydrogens (primary N) is 1. The van der Waals surface area contributed by atoms with Crippen LogP contribution >= 0.6 is 0 Å². The van der Waals surface area contributed by atoms with Crippen LogP contribution in [0.1, 0.15) is 30.3 Å². The van der Waals surface area contributed by atoms with E-state index in [1.54, 1.807) is 18.5 Å². The van der Waals surface area contributed by atoms with Crippen LogP contribution in [-0.4, -0.2) is 40.1 Å². The highest BCUT2D eigenvalue weighted by Gasteiger charge is 2.28. The van der Waals surface area contributed by atoms with Crippen molar-refractivity contribution in [2.24, 2.45) is 11.7 Å². The minimum absolute atomic E-state index is 0.0885. The Morgan fingerprint density at radius 2 is 2.23 bits per heavy atom. The quantitative estimate of drug-likeness (QED) is 0.936. The summed E-state index contributed by atoms with van der Waals surface area (Å²) >= 11 is 0. The van der Waals surface area contributed by atoms with E-state index in [0.717, 1.165) is 24.9 Å². The molecule has 1 aliphatic heterocycles. The fraction of sp³-hybridized carbons (Fsp3) is 0.438. The van der Waals surface area contributed by atoms with Gasteiger partial charge in [-0.3, -0.25) is 9.78 Å². The van der Waals surface area contributed by atoms with Crippen LogP contribution in [0, 0.1) is 5.92 Å². The van der Waals surface area contributed by atoms with Gasteiger partial charge >= 0.3 is 0 Å². The van der Waals surface area contributed by atoms with Crippen molar-refractivity contribution in [3.8, 4) is 11.3 Å². The first kappa shape index (κ1) is 14.7. The van der Waals surface area contributed by atoms with Crippen LogP contribution in [-0.2, 0) is 0 Å². The maximum atomic E-state index is 12.6. The monoisotopic (exact) mass is 300 g/mol. The van der Waals surface area contributed by atoms with E-state index >= 15 is 0 Å². The molecule has 1 saturated heterocycles. The van der Waals surface area contributed by atoms with Gasteiger partial charge in [0.2, 0.25) is 0 Å². The van der Waals surface area contributed by atoms with Crippen LogP contribution in [0.15, 0.2) is 35.1 Å². The van der Waals surface area contributed by atoms with E-state index < -0.39 is 0 Å². The summed E-state index contributed by atoms with van der Waals surface area (Å²) in [7, 11) is 0. The van der Waals surface area contributed by atoms with E-state index in [2.05, 4.69) is 10.1 Å². The topological polar surface area (TPSA) is 85.2 Å². The maximum absolute atomic E-state index is 12.6. The molecule has 6 nitrogen and oxygen atoms in total. The molecule has 2 aromatic rings. The zero-order valence-corrected chi connectivity index (χ0v) is 12.6. The van der Waals surface area contributed by atoms with Crippen LogP contribution in [0.2, 0.25) is 0 Å². The largest absolute Gasteiger partial charge is 0.355 e. The van der Waals surface area contributed by atoms with Gasteiger partial charge in [0, 0.05) is 43.2 Å². The molecule has 1 amide bonds. The van der Waals surface area contributed by atoms with E-state index in [1.807, 2.05) is 24.0 Å². The summed E-state index contributed by atoms with van der Waals surface area (Å²) in [6.45, 7) is 3.43. The molecule has 0 spiro atoms. The number of amides is 1. The molecule has 0 saturated carbocycles. The fourth-order valence-corrected chi connectivity index (χ4v) is 2.81. The van der Waals surface area contributed by atoms with Crippen LogP contribution in [0.5, 0.6) is 0 Å². The van der Waals surface area contributed by atoms with Gasteiger partial charge in [0.1, 0.15) is 0 Å². The molecular formula is C16H20N4O2. The Bertz CT molecular complexity index is 639. The Morgan fingerprint density at radius 1 is 1.45 bits per heavy atom. The number of carbonyl (C=O) groups is 1. The third-order valence-electron chi connectivity index (χ3n) is 4.18. The van der Waals surface area contributed by atoms with E-state index in [0.29, 0.717) is 23.9 Å². The van der Waals surface area contributed by atoms with E-state index in [-0.39, 0.29) is 11.9 Å². The second-order valence-corrected chi connectivity index (χ2v) is 5.82. The van der Waals surface area contributed by atoms with Gasteiger partial charge in [-0.1, -0.05) is 5.16 Å². The van der Waals surface area contributed by atoms with Crippen molar-refractivity contribution in [3.63, 3.8) is 0 Å². The smallest absolute Gasteiger partial charge is 0.276 e. The zero-order valence-electron chi connectivity index (χ0n) is 12.6. The minimum atomic E-state index is -0.0885. The Balaban J connectivity index is 1.74. The number of piperidine rings is 1. The highest BCUT2D eigenvalue weighted by Crippen LogP contribution is 2.23. The summed E-state index contributed by atoms with van der Waals surface area (Å²) in [4.78, 5) is 18.3. The van der Waals surface area contributed by atoms with Crippen LogP contribution in [0.4, 0.5) is 0 Å². The number of nitrogens with zero attached hydrogens (tertiary/aromatic N) is 3. The van der Waals surface area contributed by atoms with Gasteiger partial charge in [-0.05, 0) is 37.8 Å². The second-order valence-electron chi connectivity index (χ2n) is 5.82. The summed E-state index contributed by atoms with van der Waals surface area (Å²) in [5, 5.41) is 3.92. The Labute approximate surface area is 129 Å². The van der Waals surface area contributed by atoms with Gasteiger partial charge < -0.3 is 15.2 Å². The molecule has 6 heteroatoms.